The minimum Gasteiger partial charge on any atom is -0.494 e. The Morgan fingerprint density at radius 3 is 3.16 bits per heavy atom. The SMILES string of the molecule is CCOc1ccc2nc(SCC(=O)CNN)[nH]c2c1. The Morgan fingerprint density at radius 2 is 2.42 bits per heavy atom. The molecule has 102 valence electrons. The highest BCUT2D eigenvalue weighted by Gasteiger charge is 2.07. The summed E-state index contributed by atoms with van der Waals surface area (Å²) in [6.45, 7) is 2.74. The standard InChI is InChI=1S/C12H16N4O2S/c1-2-18-9-3-4-10-11(5-9)16-12(15-10)19-7-8(17)6-14-13/h3-5,14H,2,6-7,13H2,1H3,(H,15,16). The van der Waals surface area contributed by atoms with Crippen LogP contribution in [0, 0.1) is 0 Å². The third-order valence-corrected chi connectivity index (χ3v) is 3.34. The average Bonchev–Trinajstić information content (AvgIpc) is 2.79. The number of ketones is 1. The lowest BCUT2D eigenvalue weighted by atomic mass is 10.3. The molecule has 19 heavy (non-hydrogen) atoms. The first-order valence-corrected chi connectivity index (χ1v) is 6.92. The van der Waals surface area contributed by atoms with Crippen molar-refractivity contribution in [3.8, 4) is 5.75 Å². The summed E-state index contributed by atoms with van der Waals surface area (Å²) in [5.74, 6) is 6.26. The van der Waals surface area contributed by atoms with Gasteiger partial charge in [-0.25, -0.2) is 4.98 Å². The predicted molar refractivity (Wildman–Crippen MR) is 75.2 cm³/mol. The number of Topliss-reactive ketones (excluding diaryl/α,β-unsaturated/α-hetero) is 1. The number of nitrogens with zero attached hydrogens (tertiary/aromatic N) is 1. The molecular formula is C12H16N4O2S. The third-order valence-electron chi connectivity index (χ3n) is 2.41. The van der Waals surface area contributed by atoms with Gasteiger partial charge in [0.25, 0.3) is 0 Å². The van der Waals surface area contributed by atoms with E-state index >= 15 is 0 Å². The lowest BCUT2D eigenvalue weighted by Gasteiger charge is -2.00. The number of benzene rings is 1. The Morgan fingerprint density at radius 1 is 1.58 bits per heavy atom. The quantitative estimate of drug-likeness (QED) is 0.399. The zero-order chi connectivity index (χ0) is 13.7. The third kappa shape index (κ3) is 3.69. The van der Waals surface area contributed by atoms with Gasteiger partial charge in [-0.05, 0) is 19.1 Å². The molecule has 4 N–H and O–H groups in total. The Labute approximate surface area is 115 Å². The molecule has 0 saturated heterocycles. The first-order chi connectivity index (χ1) is 9.22. The average molecular weight is 280 g/mol. The molecule has 1 aromatic carbocycles. The summed E-state index contributed by atoms with van der Waals surface area (Å²) >= 11 is 1.36. The van der Waals surface area contributed by atoms with E-state index in [2.05, 4.69) is 15.4 Å². The maximum Gasteiger partial charge on any atom is 0.166 e. The number of hydrogen-bond acceptors (Lipinski definition) is 6. The van der Waals surface area contributed by atoms with Crippen LogP contribution in [0.15, 0.2) is 23.4 Å². The highest BCUT2D eigenvalue weighted by Crippen LogP contribution is 2.23. The van der Waals surface area contributed by atoms with Crippen LogP contribution in [0.2, 0.25) is 0 Å². The number of carbonyl (C=O) groups excluding carboxylic acids is 1. The number of thioether (sulfide) groups is 1. The molecule has 0 aliphatic heterocycles. The molecule has 0 bridgehead atoms. The van der Waals surface area contributed by atoms with Crippen molar-refractivity contribution in [2.24, 2.45) is 5.84 Å². The Balaban J connectivity index is 2.06. The monoisotopic (exact) mass is 280 g/mol. The van der Waals surface area contributed by atoms with Gasteiger partial charge in [-0.2, -0.15) is 0 Å². The van der Waals surface area contributed by atoms with Gasteiger partial charge in [0.2, 0.25) is 0 Å². The van der Waals surface area contributed by atoms with E-state index in [9.17, 15) is 4.79 Å². The number of rotatable bonds is 7. The fraction of sp³-hybridized carbons (Fsp3) is 0.333. The molecule has 0 spiro atoms. The molecule has 7 heteroatoms. The maximum atomic E-state index is 11.3. The summed E-state index contributed by atoms with van der Waals surface area (Å²) < 4.78 is 5.42. The van der Waals surface area contributed by atoms with E-state index in [1.54, 1.807) is 0 Å². The zero-order valence-electron chi connectivity index (χ0n) is 10.6. The number of hydrazine groups is 1. The second kappa shape index (κ2) is 6.55. The van der Waals surface area contributed by atoms with Crippen molar-refractivity contribution in [1.29, 1.82) is 0 Å². The van der Waals surface area contributed by atoms with Crippen LogP contribution in [-0.4, -0.2) is 34.7 Å². The Bertz CT molecular complexity index is 570. The summed E-state index contributed by atoms with van der Waals surface area (Å²) in [5, 5.41) is 0.717. The second-order valence-corrected chi connectivity index (χ2v) is 4.83. The minimum atomic E-state index is 0.0305. The Kier molecular flexibility index (Phi) is 4.78. The van der Waals surface area contributed by atoms with Crippen LogP contribution in [0.3, 0.4) is 0 Å². The van der Waals surface area contributed by atoms with Crippen LogP contribution in [0.5, 0.6) is 5.75 Å². The van der Waals surface area contributed by atoms with E-state index in [1.165, 1.54) is 11.8 Å². The number of ether oxygens (including phenoxy) is 1. The smallest absolute Gasteiger partial charge is 0.166 e. The van der Waals surface area contributed by atoms with Crippen molar-refractivity contribution in [2.75, 3.05) is 18.9 Å². The van der Waals surface area contributed by atoms with Crippen molar-refractivity contribution < 1.29 is 9.53 Å². The van der Waals surface area contributed by atoms with Crippen molar-refractivity contribution in [2.45, 2.75) is 12.1 Å². The minimum absolute atomic E-state index is 0.0305. The van der Waals surface area contributed by atoms with Crippen molar-refractivity contribution >= 4 is 28.6 Å². The van der Waals surface area contributed by atoms with E-state index in [-0.39, 0.29) is 12.3 Å². The number of carbonyl (C=O) groups is 1. The summed E-state index contributed by atoms with van der Waals surface area (Å²) in [4.78, 5) is 18.9. The number of imidazole rings is 1. The molecule has 0 unspecified atom stereocenters. The number of nitrogens with one attached hydrogen (secondary N) is 2. The van der Waals surface area contributed by atoms with Gasteiger partial charge in [-0.1, -0.05) is 11.8 Å². The number of aromatic amines is 1. The summed E-state index contributed by atoms with van der Waals surface area (Å²) in [6.07, 6.45) is 0. The van der Waals surface area contributed by atoms with Crippen LogP contribution in [0.1, 0.15) is 6.92 Å². The molecule has 0 atom stereocenters. The maximum absolute atomic E-state index is 11.3. The number of aromatic nitrogens is 2. The van der Waals surface area contributed by atoms with Crippen LogP contribution in [0.4, 0.5) is 0 Å². The summed E-state index contributed by atoms with van der Waals surface area (Å²) in [6, 6.07) is 5.67. The number of fused-ring (bicyclic) bond motifs is 1. The van der Waals surface area contributed by atoms with Crippen LogP contribution in [-0.2, 0) is 4.79 Å². The van der Waals surface area contributed by atoms with Gasteiger partial charge >= 0.3 is 0 Å². The molecule has 6 nitrogen and oxygen atoms in total. The Hall–Kier alpha value is -1.57. The van der Waals surface area contributed by atoms with Gasteiger partial charge in [0.15, 0.2) is 10.9 Å². The van der Waals surface area contributed by atoms with Crippen LogP contribution >= 0.6 is 11.8 Å². The molecule has 1 heterocycles. The largest absolute Gasteiger partial charge is 0.494 e. The number of nitrogens with two attached hydrogens (primary N) is 1. The second-order valence-electron chi connectivity index (χ2n) is 3.86. The van der Waals surface area contributed by atoms with E-state index in [4.69, 9.17) is 10.6 Å². The van der Waals surface area contributed by atoms with Crippen molar-refractivity contribution in [3.63, 3.8) is 0 Å². The fourth-order valence-electron chi connectivity index (χ4n) is 1.60. The van der Waals surface area contributed by atoms with E-state index in [0.717, 1.165) is 16.8 Å². The summed E-state index contributed by atoms with van der Waals surface area (Å²) in [5.41, 5.74) is 4.10. The zero-order valence-corrected chi connectivity index (χ0v) is 11.4. The normalized spacial score (nSPS) is 10.8. The topological polar surface area (TPSA) is 93.0 Å². The highest BCUT2D eigenvalue weighted by molar-refractivity contribution is 7.99. The number of hydrogen-bond donors (Lipinski definition) is 3. The van der Waals surface area contributed by atoms with Crippen LogP contribution in [0.25, 0.3) is 11.0 Å². The molecular weight excluding hydrogens is 264 g/mol. The molecule has 0 aliphatic rings. The molecule has 0 saturated carbocycles. The molecule has 0 amide bonds. The van der Waals surface area contributed by atoms with Gasteiger partial charge in [0.05, 0.1) is 29.9 Å². The van der Waals surface area contributed by atoms with Crippen LogP contribution < -0.4 is 16.0 Å². The van der Waals surface area contributed by atoms with Gasteiger partial charge in [-0.15, -0.1) is 0 Å². The van der Waals surface area contributed by atoms with E-state index in [0.29, 0.717) is 17.5 Å². The van der Waals surface area contributed by atoms with E-state index in [1.807, 2.05) is 25.1 Å². The first-order valence-electron chi connectivity index (χ1n) is 5.93. The molecule has 2 aromatic rings. The lowest BCUT2D eigenvalue weighted by molar-refractivity contribution is -0.115. The van der Waals surface area contributed by atoms with Gasteiger partial charge < -0.3 is 9.72 Å². The van der Waals surface area contributed by atoms with Crippen molar-refractivity contribution in [3.05, 3.63) is 18.2 Å². The van der Waals surface area contributed by atoms with Gasteiger partial charge in [-0.3, -0.25) is 16.1 Å². The van der Waals surface area contributed by atoms with Crippen molar-refractivity contribution in [1.82, 2.24) is 15.4 Å². The van der Waals surface area contributed by atoms with Gasteiger partial charge in [0, 0.05) is 6.07 Å². The fourth-order valence-corrected chi connectivity index (χ4v) is 2.35. The molecule has 2 rings (SSSR count). The molecule has 0 aliphatic carbocycles. The van der Waals surface area contributed by atoms with Gasteiger partial charge in [0.1, 0.15) is 5.75 Å². The van der Waals surface area contributed by atoms with E-state index < -0.39 is 0 Å². The first kappa shape index (κ1) is 13.9. The lowest BCUT2D eigenvalue weighted by Crippen LogP contribution is -2.29. The molecule has 0 radical (unpaired) electrons. The summed E-state index contributed by atoms with van der Waals surface area (Å²) in [7, 11) is 0. The highest BCUT2D eigenvalue weighted by atomic mass is 32.2. The number of H-pyrrole nitrogens is 1. The molecule has 1 aromatic heterocycles. The molecule has 0 fully saturated rings. The predicted octanol–water partition coefficient (Wildman–Crippen LogP) is 1.09.